The molecule has 1 unspecified atom stereocenters. The maximum Gasteiger partial charge on any atom is 0.207 e. The first-order chi connectivity index (χ1) is 4.22. The van der Waals surface area contributed by atoms with Crippen molar-refractivity contribution in [2.24, 2.45) is 16.7 Å². The fourth-order valence-corrected chi connectivity index (χ4v) is 0.299. The number of hydrogen-bond acceptors (Lipinski definition) is 3. The second kappa shape index (κ2) is 3.71. The topological polar surface area (TPSA) is 93.5 Å². The minimum absolute atomic E-state index is 0.210. The highest BCUT2D eigenvalue weighted by molar-refractivity contribution is 5.86. The molecule has 0 saturated carbocycles. The second-order valence-electron chi connectivity index (χ2n) is 1.56. The van der Waals surface area contributed by atoms with Gasteiger partial charge in [-0.3, -0.25) is 4.79 Å². The summed E-state index contributed by atoms with van der Waals surface area (Å²) < 4.78 is 0. The first kappa shape index (κ1) is 7.74. The maximum atomic E-state index is 9.77. The van der Waals surface area contributed by atoms with Gasteiger partial charge in [0.15, 0.2) is 0 Å². The number of nitrogens with zero attached hydrogens (tertiary/aromatic N) is 1. The van der Waals surface area contributed by atoms with Crippen LogP contribution in [0.4, 0.5) is 0 Å². The quantitative estimate of drug-likeness (QED) is 0.140. The molecule has 0 spiro atoms. The zero-order valence-electron chi connectivity index (χ0n) is 5.16. The smallest absolute Gasteiger partial charge is 0.207 e. The van der Waals surface area contributed by atoms with Crippen LogP contribution in [0.15, 0.2) is 5.10 Å². The minimum Gasteiger partial charge on any atom is -0.384 e. The number of nitrogens with one attached hydrogen (secondary N) is 1. The number of carbonyl (C=O) groups is 1. The van der Waals surface area contributed by atoms with Gasteiger partial charge in [-0.25, -0.2) is 0 Å². The fraction of sp³-hybridized carbons (Fsp3) is 0.500. The predicted molar refractivity (Wildman–Crippen MR) is 34.5 cm³/mol. The van der Waals surface area contributed by atoms with Gasteiger partial charge in [0, 0.05) is 0 Å². The molecule has 0 heterocycles. The molecule has 0 aliphatic heterocycles. The van der Waals surface area contributed by atoms with Crippen molar-refractivity contribution in [3.63, 3.8) is 0 Å². The number of hydrazone groups is 1. The van der Waals surface area contributed by atoms with E-state index >= 15 is 0 Å². The van der Waals surface area contributed by atoms with Gasteiger partial charge in [-0.2, -0.15) is 5.10 Å². The Kier molecular flexibility index (Phi) is 3.19. The summed E-state index contributed by atoms with van der Waals surface area (Å²) in [6.45, 7) is 1.68. The van der Waals surface area contributed by atoms with Crippen LogP contribution in [0.25, 0.3) is 0 Å². The molecule has 0 aliphatic rings. The minimum atomic E-state index is -0.285. The van der Waals surface area contributed by atoms with Gasteiger partial charge in [-0.15, -0.1) is 0 Å². The first-order valence-corrected chi connectivity index (χ1v) is 2.45. The summed E-state index contributed by atoms with van der Waals surface area (Å²) in [6.07, 6.45) is 0.544. The molecule has 0 aromatic rings. The molecule has 0 bridgehead atoms. The molecule has 0 saturated heterocycles. The standard InChI is InChI=1S/C4H10N4O/c1-3(7-2-9)4(5)8-6/h2-3H,6H2,1H3,(H2,5,8)(H,7,9). The van der Waals surface area contributed by atoms with Gasteiger partial charge in [0.1, 0.15) is 5.84 Å². The fourth-order valence-electron chi connectivity index (χ4n) is 0.299. The summed E-state index contributed by atoms with van der Waals surface area (Å²) in [5, 5.41) is 5.56. The monoisotopic (exact) mass is 130 g/mol. The van der Waals surface area contributed by atoms with E-state index in [1.165, 1.54) is 0 Å². The summed E-state index contributed by atoms with van der Waals surface area (Å²) >= 11 is 0. The SMILES string of the molecule is CC(NC=O)/C(N)=N/N. The molecule has 5 heteroatoms. The average Bonchev–Trinajstić information content (AvgIpc) is 1.87. The molecule has 1 amide bonds. The molecule has 0 aliphatic carbocycles. The van der Waals surface area contributed by atoms with Crippen LogP contribution in [-0.4, -0.2) is 18.3 Å². The van der Waals surface area contributed by atoms with Gasteiger partial charge >= 0.3 is 0 Å². The lowest BCUT2D eigenvalue weighted by atomic mass is 10.3. The third-order valence-electron chi connectivity index (χ3n) is 0.911. The van der Waals surface area contributed by atoms with Gasteiger partial charge in [-0.05, 0) is 6.92 Å². The Hall–Kier alpha value is -1.26. The van der Waals surface area contributed by atoms with Crippen molar-refractivity contribution in [1.82, 2.24) is 5.32 Å². The van der Waals surface area contributed by atoms with Crippen LogP contribution in [0.1, 0.15) is 6.92 Å². The van der Waals surface area contributed by atoms with Crippen LogP contribution in [0.2, 0.25) is 0 Å². The molecule has 52 valence electrons. The summed E-state index contributed by atoms with van der Waals surface area (Å²) in [6, 6.07) is -0.285. The van der Waals surface area contributed by atoms with Crippen LogP contribution in [0.3, 0.4) is 0 Å². The number of nitrogens with two attached hydrogens (primary N) is 2. The Morgan fingerprint density at radius 2 is 2.44 bits per heavy atom. The molecule has 0 radical (unpaired) electrons. The Morgan fingerprint density at radius 3 is 2.78 bits per heavy atom. The first-order valence-electron chi connectivity index (χ1n) is 2.45. The molecule has 1 atom stereocenters. The molecule has 0 aromatic heterocycles. The number of carbonyl (C=O) groups excluding carboxylic acids is 1. The zero-order valence-corrected chi connectivity index (χ0v) is 5.16. The van der Waals surface area contributed by atoms with Crippen LogP contribution in [0, 0.1) is 0 Å². The van der Waals surface area contributed by atoms with Crippen molar-refractivity contribution < 1.29 is 4.79 Å². The third-order valence-corrected chi connectivity index (χ3v) is 0.911. The molecule has 9 heavy (non-hydrogen) atoms. The zero-order chi connectivity index (χ0) is 7.28. The van der Waals surface area contributed by atoms with Gasteiger partial charge in [0.25, 0.3) is 0 Å². The van der Waals surface area contributed by atoms with Crippen molar-refractivity contribution >= 4 is 12.2 Å². The van der Waals surface area contributed by atoms with Gasteiger partial charge in [0.2, 0.25) is 6.41 Å². The van der Waals surface area contributed by atoms with E-state index in [9.17, 15) is 4.79 Å². The normalized spacial score (nSPS) is 14.6. The highest BCUT2D eigenvalue weighted by Gasteiger charge is 2.01. The van der Waals surface area contributed by atoms with Crippen molar-refractivity contribution in [2.75, 3.05) is 0 Å². The van der Waals surface area contributed by atoms with Crippen molar-refractivity contribution in [1.29, 1.82) is 0 Å². The number of rotatable bonds is 3. The maximum absolute atomic E-state index is 9.77. The molecule has 0 fully saturated rings. The lowest BCUT2D eigenvalue weighted by molar-refractivity contribution is -0.109. The highest BCUT2D eigenvalue weighted by atomic mass is 16.1. The highest BCUT2D eigenvalue weighted by Crippen LogP contribution is 1.75. The van der Waals surface area contributed by atoms with E-state index in [0.29, 0.717) is 6.41 Å². The summed E-state index contributed by atoms with van der Waals surface area (Å²) in [5.41, 5.74) is 5.21. The van der Waals surface area contributed by atoms with E-state index in [-0.39, 0.29) is 11.9 Å². The van der Waals surface area contributed by atoms with E-state index in [1.807, 2.05) is 0 Å². The Bertz CT molecular complexity index is 122. The van der Waals surface area contributed by atoms with Gasteiger partial charge in [-0.1, -0.05) is 0 Å². The van der Waals surface area contributed by atoms with E-state index in [0.717, 1.165) is 0 Å². The lowest BCUT2D eigenvalue weighted by Gasteiger charge is -2.06. The van der Waals surface area contributed by atoms with Crippen molar-refractivity contribution in [2.45, 2.75) is 13.0 Å². The summed E-state index contributed by atoms with van der Waals surface area (Å²) in [7, 11) is 0. The second-order valence-corrected chi connectivity index (χ2v) is 1.56. The van der Waals surface area contributed by atoms with Crippen LogP contribution < -0.4 is 16.9 Å². The predicted octanol–water partition coefficient (Wildman–Crippen LogP) is -1.65. The largest absolute Gasteiger partial charge is 0.384 e. The molecule has 0 aromatic carbocycles. The Labute approximate surface area is 53.1 Å². The van der Waals surface area contributed by atoms with E-state index in [2.05, 4.69) is 10.4 Å². The molecule has 0 rings (SSSR count). The van der Waals surface area contributed by atoms with Crippen molar-refractivity contribution in [3.05, 3.63) is 0 Å². The summed E-state index contributed by atoms with van der Waals surface area (Å²) in [4.78, 5) is 9.77. The summed E-state index contributed by atoms with van der Waals surface area (Å²) in [5.74, 6) is 5.02. The molecule has 5 nitrogen and oxygen atoms in total. The van der Waals surface area contributed by atoms with E-state index < -0.39 is 0 Å². The average molecular weight is 130 g/mol. The van der Waals surface area contributed by atoms with E-state index in [4.69, 9.17) is 11.6 Å². The van der Waals surface area contributed by atoms with Crippen molar-refractivity contribution in [3.8, 4) is 0 Å². The molecular weight excluding hydrogens is 120 g/mol. The lowest BCUT2D eigenvalue weighted by Crippen LogP contribution is -2.38. The number of hydrogen-bond donors (Lipinski definition) is 3. The Balaban J connectivity index is 3.72. The third kappa shape index (κ3) is 2.53. The van der Waals surface area contributed by atoms with Gasteiger partial charge < -0.3 is 16.9 Å². The molecule has 5 N–H and O–H groups in total. The number of amides is 1. The number of amidine groups is 1. The van der Waals surface area contributed by atoms with E-state index in [1.54, 1.807) is 6.92 Å². The van der Waals surface area contributed by atoms with Crippen LogP contribution in [0.5, 0.6) is 0 Å². The molecular formula is C4H10N4O. The Morgan fingerprint density at radius 1 is 1.89 bits per heavy atom. The van der Waals surface area contributed by atoms with Crippen LogP contribution >= 0.6 is 0 Å². The van der Waals surface area contributed by atoms with Gasteiger partial charge in [0.05, 0.1) is 6.04 Å². The van der Waals surface area contributed by atoms with Crippen LogP contribution in [-0.2, 0) is 4.79 Å².